The van der Waals surface area contributed by atoms with E-state index in [0.717, 1.165) is 17.7 Å². The average molecular weight is 594 g/mol. The van der Waals surface area contributed by atoms with Crippen LogP contribution in [0.1, 0.15) is 38.9 Å². The van der Waals surface area contributed by atoms with Crippen molar-refractivity contribution < 1.29 is 25.0 Å². The van der Waals surface area contributed by atoms with E-state index >= 15 is 0 Å². The summed E-state index contributed by atoms with van der Waals surface area (Å²) >= 11 is 0. The predicted molar refractivity (Wildman–Crippen MR) is 193 cm³/mol. The lowest BCUT2D eigenvalue weighted by molar-refractivity contribution is 0.669. The molecular formula is C44H34O. The highest BCUT2D eigenvalue weighted by atomic mass is 16.3. The summed E-state index contributed by atoms with van der Waals surface area (Å²) in [5.41, 5.74) is 0.137. The molecule has 1 aliphatic carbocycles. The fourth-order valence-corrected chi connectivity index (χ4v) is 5.11. The van der Waals surface area contributed by atoms with Crippen molar-refractivity contribution in [3.63, 3.8) is 0 Å². The lowest BCUT2D eigenvalue weighted by Crippen LogP contribution is -1.87. The first-order valence-electron chi connectivity index (χ1n) is 21.8. The first kappa shape index (κ1) is 15.9. The van der Waals surface area contributed by atoms with Crippen LogP contribution < -0.4 is 0 Å². The van der Waals surface area contributed by atoms with Gasteiger partial charge < -0.3 is 4.42 Å². The Morgan fingerprint density at radius 3 is 2.33 bits per heavy atom. The Morgan fingerprint density at radius 1 is 0.733 bits per heavy atom. The molecule has 1 unspecified atom stereocenters. The van der Waals surface area contributed by atoms with Crippen LogP contribution in [0.5, 0.6) is 0 Å². The van der Waals surface area contributed by atoms with Gasteiger partial charge in [-0.1, -0.05) is 158 Å². The highest BCUT2D eigenvalue weighted by Gasteiger charge is 2.16. The minimum absolute atomic E-state index is 0.0278. The molecule has 6 aromatic rings. The number of fused-ring (bicyclic) bond motifs is 4. The molecule has 0 aliphatic heterocycles. The molecule has 0 radical (unpaired) electrons. The summed E-state index contributed by atoms with van der Waals surface area (Å²) in [5.74, 6) is 0. The number of para-hydroxylation sites is 1. The Kier molecular flexibility index (Phi) is 4.56. The van der Waals surface area contributed by atoms with Gasteiger partial charge in [-0.05, 0) is 80.7 Å². The minimum Gasteiger partial charge on any atom is -0.456 e. The van der Waals surface area contributed by atoms with Gasteiger partial charge in [0.1, 0.15) is 11.2 Å². The molecule has 0 spiro atoms. The van der Waals surface area contributed by atoms with Crippen molar-refractivity contribution in [2.45, 2.75) is 12.8 Å². The van der Waals surface area contributed by atoms with Crippen LogP contribution in [-0.2, 0) is 0 Å². The maximum Gasteiger partial charge on any atom is 0.136 e. The monoisotopic (exact) mass is 593 g/mol. The highest BCUT2D eigenvalue weighted by Crippen LogP contribution is 2.42. The van der Waals surface area contributed by atoms with Crippen LogP contribution in [-0.4, -0.2) is 0 Å². The maximum atomic E-state index is 9.84. The molecular weight excluding hydrogens is 544 g/mol. The van der Waals surface area contributed by atoms with E-state index in [4.69, 9.17) is 19.5 Å². The second kappa shape index (κ2) is 12.9. The molecule has 7 rings (SSSR count). The lowest BCUT2D eigenvalue weighted by Gasteiger charge is -2.12. The van der Waals surface area contributed by atoms with E-state index in [1.807, 2.05) is 12.2 Å². The van der Waals surface area contributed by atoms with E-state index < -0.39 is 78.6 Å². The van der Waals surface area contributed by atoms with Crippen molar-refractivity contribution >= 4 is 38.3 Å². The maximum absolute atomic E-state index is 9.84. The van der Waals surface area contributed by atoms with E-state index in [2.05, 4.69) is 6.58 Å². The molecule has 0 amide bonds. The fourth-order valence-electron chi connectivity index (χ4n) is 5.11. The van der Waals surface area contributed by atoms with Crippen LogP contribution in [0.3, 0.4) is 0 Å². The summed E-state index contributed by atoms with van der Waals surface area (Å²) in [4.78, 5) is 0. The van der Waals surface area contributed by atoms with Gasteiger partial charge in [-0.25, -0.2) is 0 Å². The van der Waals surface area contributed by atoms with Crippen LogP contribution in [0.4, 0.5) is 0 Å². The zero-order valence-electron chi connectivity index (χ0n) is 39.0. The number of furan rings is 1. The van der Waals surface area contributed by atoms with Gasteiger partial charge in [0.15, 0.2) is 0 Å². The van der Waals surface area contributed by atoms with Crippen LogP contribution in [0, 0.1) is 0 Å². The summed E-state index contributed by atoms with van der Waals surface area (Å²) in [5, 5.41) is -0.935. The predicted octanol–water partition coefficient (Wildman–Crippen LogP) is 12.6. The molecule has 0 saturated heterocycles. The van der Waals surface area contributed by atoms with Gasteiger partial charge in [0.05, 0.1) is 19.2 Å². The summed E-state index contributed by atoms with van der Waals surface area (Å²) in [7, 11) is 0. The third-order valence-electron chi connectivity index (χ3n) is 7.23. The van der Waals surface area contributed by atoms with Gasteiger partial charge in [0, 0.05) is 12.1 Å². The number of hydrogen-bond donors (Lipinski definition) is 0. The largest absolute Gasteiger partial charge is 0.456 e. The second-order valence-electron chi connectivity index (χ2n) is 10.1. The van der Waals surface area contributed by atoms with Crippen LogP contribution in [0.25, 0.3) is 60.5 Å². The van der Waals surface area contributed by atoms with Gasteiger partial charge in [0.2, 0.25) is 0 Å². The Balaban J connectivity index is 1.74. The van der Waals surface area contributed by atoms with Gasteiger partial charge in [-0.15, -0.1) is 0 Å². The molecule has 45 heavy (non-hydrogen) atoms. The molecule has 1 aliphatic rings. The third kappa shape index (κ3) is 5.94. The highest BCUT2D eigenvalue weighted by molar-refractivity contribution is 6.16. The summed E-state index contributed by atoms with van der Waals surface area (Å²) in [6.07, 6.45) is 12.3. The molecule has 216 valence electrons. The van der Waals surface area contributed by atoms with Crippen molar-refractivity contribution in [3.05, 3.63) is 187 Å². The van der Waals surface area contributed by atoms with Gasteiger partial charge in [-0.2, -0.15) is 0 Å². The van der Waals surface area contributed by atoms with E-state index in [1.165, 1.54) is 6.08 Å². The standard InChI is InChI=1S/C44H34O/c1-32(18-12-13-21-33-19-6-4-7-20-33)36-24-10-2-3-11-25-39(38-27-15-14-26-37(36)38)41-30-35(34-22-8-5-9-23-34)31-43-44(41)40-28-16-17-29-42(40)45-43/h2-3,5-6,8-31H,1,4,7H2/b3-2?,10-2?,11-3?,18-12-,21-13+,24-10?,25-11?,36-24?,37-36?,39-25?,39-38?/i2D,3D,4D,10D,11D,14D,15D,16D,17D,26D,27D,28D,29D,30D,31D. The van der Waals surface area contributed by atoms with Gasteiger partial charge >= 0.3 is 0 Å². The Morgan fingerprint density at radius 2 is 1.51 bits per heavy atom. The average Bonchev–Trinajstić information content (AvgIpc) is 3.64. The summed E-state index contributed by atoms with van der Waals surface area (Å²) in [6, 6.07) is 2.01. The fraction of sp³-hybridized carbons (Fsp3) is 0.0455. The normalized spacial score (nSPS) is 19.4. The SMILES string of the molecule is [2H]c1cc(C(=C)/C=C\C=C\C2=CCC([2H])C=C2)c2c([2H])c([2H])c([2H])c([2H])c2c(-c2c([2H])c(-c3ccccc3)c([2H])c3oc4c([2H])c([2H])c([2H])c([2H])c4c23)cc([2H])c([2H])c1[2H]. The van der Waals surface area contributed by atoms with E-state index in [-0.39, 0.29) is 73.0 Å². The number of allylic oxidation sites excluding steroid dienone is 9. The molecule has 0 N–H and O–H groups in total. The lowest BCUT2D eigenvalue weighted by atomic mass is 9.91. The third-order valence-corrected chi connectivity index (χ3v) is 7.23. The summed E-state index contributed by atoms with van der Waals surface area (Å²) in [6.45, 7) is 4.18. The Bertz CT molecular complexity index is 3020. The quantitative estimate of drug-likeness (QED) is 0.175. The van der Waals surface area contributed by atoms with Crippen molar-refractivity contribution in [2.75, 3.05) is 0 Å². The topological polar surface area (TPSA) is 13.1 Å². The number of rotatable bonds is 6. The van der Waals surface area contributed by atoms with Crippen LogP contribution in [0.2, 0.25) is 0 Å². The van der Waals surface area contributed by atoms with E-state index in [1.54, 1.807) is 54.6 Å². The van der Waals surface area contributed by atoms with E-state index in [0.29, 0.717) is 12.0 Å². The first-order chi connectivity index (χ1) is 28.5. The first-order valence-corrected chi connectivity index (χ1v) is 14.2. The molecule has 1 atom stereocenters. The Labute approximate surface area is 285 Å². The molecule has 1 heteroatoms. The van der Waals surface area contributed by atoms with Crippen molar-refractivity contribution in [1.82, 2.24) is 0 Å². The van der Waals surface area contributed by atoms with Gasteiger partial charge in [-0.3, -0.25) is 0 Å². The van der Waals surface area contributed by atoms with E-state index in [9.17, 15) is 5.48 Å². The van der Waals surface area contributed by atoms with Crippen LogP contribution in [0.15, 0.2) is 186 Å². The van der Waals surface area contributed by atoms with Crippen LogP contribution >= 0.6 is 0 Å². The molecule has 1 nitrogen and oxygen atoms in total. The second-order valence-corrected chi connectivity index (χ2v) is 10.1. The smallest absolute Gasteiger partial charge is 0.136 e. The minimum atomic E-state index is -0.743. The number of hydrogen-bond acceptors (Lipinski definition) is 1. The molecule has 1 heterocycles. The molecule has 0 saturated carbocycles. The number of benzene rings is 4. The molecule has 5 aromatic carbocycles. The van der Waals surface area contributed by atoms with Crippen molar-refractivity contribution in [3.8, 4) is 22.3 Å². The zero-order chi connectivity index (χ0) is 43.5. The van der Waals surface area contributed by atoms with Crippen molar-refractivity contribution in [2.24, 2.45) is 0 Å². The zero-order valence-corrected chi connectivity index (χ0v) is 24.0. The Hall–Kier alpha value is -5.66. The molecule has 0 fully saturated rings. The molecule has 1 aromatic heterocycles. The summed E-state index contributed by atoms with van der Waals surface area (Å²) < 4.78 is 140. The van der Waals surface area contributed by atoms with Crippen molar-refractivity contribution in [1.29, 1.82) is 0 Å². The molecule has 0 bridgehead atoms. The van der Waals surface area contributed by atoms with Gasteiger partial charge in [0.25, 0.3) is 0 Å².